The van der Waals surface area contributed by atoms with Crippen LogP contribution in [0.2, 0.25) is 0 Å². The van der Waals surface area contributed by atoms with E-state index in [1.165, 1.54) is 77.1 Å². The summed E-state index contributed by atoms with van der Waals surface area (Å²) in [6, 6.07) is 97.0. The number of anilines is 3. The van der Waals surface area contributed by atoms with Crippen LogP contribution in [-0.2, 0) is 0 Å². The SMILES string of the molecule is c1ccc(-c2ccccc2-c2c(-c3ccccc3)cccc2N(c2ccc(-c3cccc4c3c3ccccc3n4-c3ccccc3)cc2)c2cccc(-c3ccc4ccccc4c3)c2)cc1. The molecular formula is C64H44N2. The van der Waals surface area contributed by atoms with Gasteiger partial charge < -0.3 is 9.47 Å². The van der Waals surface area contributed by atoms with Crippen LogP contribution in [0, 0.1) is 0 Å². The molecule has 0 saturated carbocycles. The molecule has 0 N–H and O–H groups in total. The molecule has 66 heavy (non-hydrogen) atoms. The Kier molecular flexibility index (Phi) is 9.89. The Bertz CT molecular complexity index is 3680. The summed E-state index contributed by atoms with van der Waals surface area (Å²) >= 11 is 0. The van der Waals surface area contributed by atoms with Crippen LogP contribution in [-0.4, -0.2) is 4.57 Å². The van der Waals surface area contributed by atoms with Gasteiger partial charge in [-0.2, -0.15) is 0 Å². The third-order valence-electron chi connectivity index (χ3n) is 13.0. The average Bonchev–Trinajstić information content (AvgIpc) is 3.74. The summed E-state index contributed by atoms with van der Waals surface area (Å²) in [5.74, 6) is 0. The highest BCUT2D eigenvalue weighted by atomic mass is 15.1. The standard InChI is InChI=1S/C64H44N2/c1-4-20-46(21-5-1)55-29-12-13-30-58(55)63-56(47-22-6-2-7-23-47)32-17-35-61(63)65(54-28-16-25-50(44-54)51-38-37-45-19-10-11-24-49(45)43-51)53-41-39-48(40-42-53)57-33-18-36-62-64(57)59-31-14-15-34-60(59)66(62)52-26-8-3-9-27-52/h1-44H. The lowest BCUT2D eigenvalue weighted by Crippen LogP contribution is -2.12. The van der Waals surface area contributed by atoms with Crippen LogP contribution < -0.4 is 4.90 Å². The van der Waals surface area contributed by atoms with E-state index in [-0.39, 0.29) is 0 Å². The number of para-hydroxylation sites is 2. The largest absolute Gasteiger partial charge is 0.310 e. The van der Waals surface area contributed by atoms with Gasteiger partial charge in [0, 0.05) is 33.4 Å². The number of nitrogens with zero attached hydrogens (tertiary/aromatic N) is 2. The summed E-state index contributed by atoms with van der Waals surface area (Å²) in [5, 5.41) is 4.95. The van der Waals surface area contributed by atoms with Gasteiger partial charge in [-0.05, 0) is 122 Å². The number of benzene rings is 11. The molecule has 1 aromatic heterocycles. The molecular weight excluding hydrogens is 797 g/mol. The van der Waals surface area contributed by atoms with E-state index in [2.05, 4.69) is 276 Å². The van der Waals surface area contributed by atoms with E-state index in [4.69, 9.17) is 0 Å². The van der Waals surface area contributed by atoms with Gasteiger partial charge in [-0.25, -0.2) is 0 Å². The second kappa shape index (κ2) is 16.8. The van der Waals surface area contributed by atoms with E-state index in [9.17, 15) is 0 Å². The molecule has 12 rings (SSSR count). The maximum atomic E-state index is 2.46. The minimum atomic E-state index is 1.07. The van der Waals surface area contributed by atoms with E-state index in [0.29, 0.717) is 0 Å². The lowest BCUT2D eigenvalue weighted by Gasteiger charge is -2.30. The predicted octanol–water partition coefficient (Wildman–Crippen LogP) is 17.7. The third-order valence-corrected chi connectivity index (χ3v) is 13.0. The quantitative estimate of drug-likeness (QED) is 0.141. The number of fused-ring (bicyclic) bond motifs is 4. The molecule has 11 aromatic carbocycles. The van der Waals surface area contributed by atoms with Crippen LogP contribution in [0.25, 0.3) is 93.9 Å². The van der Waals surface area contributed by atoms with Crippen molar-refractivity contribution in [2.75, 3.05) is 4.90 Å². The van der Waals surface area contributed by atoms with Crippen LogP contribution in [0.15, 0.2) is 267 Å². The molecule has 0 saturated heterocycles. The Balaban J connectivity index is 1.08. The summed E-state index contributed by atoms with van der Waals surface area (Å²) in [7, 11) is 0. The molecule has 310 valence electrons. The number of rotatable bonds is 9. The molecule has 0 atom stereocenters. The zero-order valence-electron chi connectivity index (χ0n) is 36.3. The summed E-state index contributed by atoms with van der Waals surface area (Å²) in [4.78, 5) is 2.46. The Morgan fingerprint density at radius 1 is 0.288 bits per heavy atom. The molecule has 2 heteroatoms. The van der Waals surface area contributed by atoms with Crippen LogP contribution in [0.3, 0.4) is 0 Å². The van der Waals surface area contributed by atoms with Crippen molar-refractivity contribution in [1.29, 1.82) is 0 Å². The van der Waals surface area contributed by atoms with Crippen LogP contribution in [0.4, 0.5) is 17.1 Å². The van der Waals surface area contributed by atoms with Crippen LogP contribution in [0.1, 0.15) is 0 Å². The van der Waals surface area contributed by atoms with Crippen molar-refractivity contribution < 1.29 is 0 Å². The van der Waals surface area contributed by atoms with Crippen LogP contribution in [0.5, 0.6) is 0 Å². The van der Waals surface area contributed by atoms with Crippen molar-refractivity contribution >= 4 is 49.6 Å². The first-order valence-electron chi connectivity index (χ1n) is 22.7. The zero-order valence-corrected chi connectivity index (χ0v) is 36.3. The van der Waals surface area contributed by atoms with Gasteiger partial charge in [0.05, 0.1) is 16.7 Å². The second-order valence-corrected chi connectivity index (χ2v) is 16.9. The fourth-order valence-electron chi connectivity index (χ4n) is 9.96. The molecule has 1 heterocycles. The topological polar surface area (TPSA) is 8.17 Å². The molecule has 0 aliphatic rings. The monoisotopic (exact) mass is 840 g/mol. The van der Waals surface area contributed by atoms with E-state index in [1.54, 1.807) is 0 Å². The van der Waals surface area contributed by atoms with Gasteiger partial charge in [-0.15, -0.1) is 0 Å². The smallest absolute Gasteiger partial charge is 0.0547 e. The fraction of sp³-hybridized carbons (Fsp3) is 0. The van der Waals surface area contributed by atoms with Gasteiger partial charge in [0.25, 0.3) is 0 Å². The molecule has 0 unspecified atom stereocenters. The van der Waals surface area contributed by atoms with Gasteiger partial charge in [-0.1, -0.05) is 206 Å². The molecule has 0 radical (unpaired) electrons. The van der Waals surface area contributed by atoms with Crippen LogP contribution >= 0.6 is 0 Å². The lowest BCUT2D eigenvalue weighted by atomic mass is 9.87. The highest BCUT2D eigenvalue weighted by Crippen LogP contribution is 2.49. The highest BCUT2D eigenvalue weighted by molar-refractivity contribution is 6.16. The third kappa shape index (κ3) is 6.93. The summed E-state index contributed by atoms with van der Waals surface area (Å²) in [6.45, 7) is 0. The number of aromatic nitrogens is 1. The summed E-state index contributed by atoms with van der Waals surface area (Å²) in [6.07, 6.45) is 0. The average molecular weight is 841 g/mol. The summed E-state index contributed by atoms with van der Waals surface area (Å²) in [5.41, 5.74) is 18.5. The van der Waals surface area contributed by atoms with E-state index in [1.807, 2.05) is 0 Å². The van der Waals surface area contributed by atoms with Crippen molar-refractivity contribution in [3.8, 4) is 61.3 Å². The van der Waals surface area contributed by atoms with Crippen molar-refractivity contribution in [2.24, 2.45) is 0 Å². The Morgan fingerprint density at radius 3 is 1.61 bits per heavy atom. The predicted molar refractivity (Wildman–Crippen MR) is 280 cm³/mol. The first-order chi connectivity index (χ1) is 32.8. The Labute approximate surface area is 385 Å². The molecule has 0 aliphatic carbocycles. The molecule has 12 aromatic rings. The molecule has 0 fully saturated rings. The molecule has 0 amide bonds. The Morgan fingerprint density at radius 2 is 0.818 bits per heavy atom. The first-order valence-corrected chi connectivity index (χ1v) is 22.7. The summed E-state index contributed by atoms with van der Waals surface area (Å²) < 4.78 is 2.39. The van der Waals surface area contributed by atoms with Crippen molar-refractivity contribution in [1.82, 2.24) is 4.57 Å². The van der Waals surface area contributed by atoms with Gasteiger partial charge in [0.1, 0.15) is 0 Å². The molecule has 0 spiro atoms. The van der Waals surface area contributed by atoms with Gasteiger partial charge >= 0.3 is 0 Å². The molecule has 0 aliphatic heterocycles. The highest BCUT2D eigenvalue weighted by Gasteiger charge is 2.24. The van der Waals surface area contributed by atoms with E-state index >= 15 is 0 Å². The normalized spacial score (nSPS) is 11.3. The maximum absolute atomic E-state index is 2.46. The minimum Gasteiger partial charge on any atom is -0.310 e. The van der Waals surface area contributed by atoms with Gasteiger partial charge in [0.2, 0.25) is 0 Å². The van der Waals surface area contributed by atoms with E-state index < -0.39 is 0 Å². The molecule has 0 bridgehead atoms. The minimum absolute atomic E-state index is 1.07. The van der Waals surface area contributed by atoms with Gasteiger partial charge in [0.15, 0.2) is 0 Å². The van der Waals surface area contributed by atoms with Crippen molar-refractivity contribution in [2.45, 2.75) is 0 Å². The number of hydrogen-bond donors (Lipinski definition) is 0. The number of hydrogen-bond acceptors (Lipinski definition) is 1. The second-order valence-electron chi connectivity index (χ2n) is 16.9. The van der Waals surface area contributed by atoms with E-state index in [0.717, 1.165) is 33.9 Å². The van der Waals surface area contributed by atoms with Crippen molar-refractivity contribution in [3.05, 3.63) is 267 Å². The Hall–Kier alpha value is -8.72. The zero-order chi connectivity index (χ0) is 43.8. The molecule has 2 nitrogen and oxygen atoms in total. The maximum Gasteiger partial charge on any atom is 0.0547 e. The lowest BCUT2D eigenvalue weighted by molar-refractivity contribution is 1.18. The van der Waals surface area contributed by atoms with Gasteiger partial charge in [-0.3, -0.25) is 0 Å². The first kappa shape index (κ1) is 38.9. The fourth-order valence-corrected chi connectivity index (χ4v) is 9.96. The van der Waals surface area contributed by atoms with Crippen molar-refractivity contribution in [3.63, 3.8) is 0 Å².